The fourth-order valence-corrected chi connectivity index (χ4v) is 5.84. The number of ether oxygens (including phenoxy) is 1. The summed E-state index contributed by atoms with van der Waals surface area (Å²) < 4.78 is 32.3. The molecule has 0 radical (unpaired) electrons. The molecule has 0 amide bonds. The van der Waals surface area contributed by atoms with Crippen molar-refractivity contribution in [3.63, 3.8) is 0 Å². The lowest BCUT2D eigenvalue weighted by Crippen LogP contribution is -2.46. The number of nitrogens with zero attached hydrogens (tertiary/aromatic N) is 2. The largest absolute Gasteiger partial charge is 0.480 e. The molecule has 0 spiro atoms. The minimum atomic E-state index is -4.22. The summed E-state index contributed by atoms with van der Waals surface area (Å²) in [5.74, 6) is -1.95. The van der Waals surface area contributed by atoms with Crippen molar-refractivity contribution in [3.8, 4) is 0 Å². The molecule has 0 aromatic carbocycles. The molecule has 1 aromatic heterocycles. The van der Waals surface area contributed by atoms with Crippen molar-refractivity contribution >= 4 is 22.0 Å². The Labute approximate surface area is 145 Å². The van der Waals surface area contributed by atoms with Crippen LogP contribution in [0.4, 0.5) is 0 Å². The van der Waals surface area contributed by atoms with Gasteiger partial charge in [0.25, 0.3) is 10.0 Å². The number of aromatic amines is 1. The molecule has 0 bridgehead atoms. The lowest BCUT2D eigenvalue weighted by molar-refractivity contribution is -0.141. The van der Waals surface area contributed by atoms with Crippen molar-refractivity contribution in [2.75, 3.05) is 6.61 Å². The Morgan fingerprint density at radius 3 is 2.80 bits per heavy atom. The molecule has 3 rings (SSSR count). The first-order chi connectivity index (χ1) is 11.9. The number of esters is 1. The number of hydrogen-bond donors (Lipinski definition) is 2. The van der Waals surface area contributed by atoms with Crippen molar-refractivity contribution in [2.24, 2.45) is 5.92 Å². The normalized spacial score (nSPS) is 27.0. The van der Waals surface area contributed by atoms with Crippen LogP contribution in [0.5, 0.6) is 0 Å². The number of carboxylic acids is 1. The molecule has 1 saturated carbocycles. The number of H-pyrrole nitrogens is 1. The molecule has 2 N–H and O–H groups in total. The Hall–Kier alpha value is -1.94. The van der Waals surface area contributed by atoms with Gasteiger partial charge < -0.3 is 9.84 Å². The fraction of sp³-hybridized carbons (Fsp3) is 0.667. The maximum absolute atomic E-state index is 13.2. The highest BCUT2D eigenvalue weighted by molar-refractivity contribution is 7.89. The van der Waals surface area contributed by atoms with Crippen LogP contribution in [0.3, 0.4) is 0 Å². The molecule has 1 aliphatic carbocycles. The number of carbonyl (C=O) groups excluding carboxylic acids is 1. The van der Waals surface area contributed by atoms with Gasteiger partial charge in [-0.25, -0.2) is 13.2 Å². The van der Waals surface area contributed by atoms with Gasteiger partial charge in [0, 0.05) is 6.04 Å². The third kappa shape index (κ3) is 3.04. The standard InChI is InChI=1S/C15H21N3O6S/c1-2-24-15(21)10-8-16-17-13(10)25(22,23)18-11-6-4-3-5-9(11)7-12(18)14(19)20/h8-9,11-12H,2-7H2,1H3,(H,16,17)(H,19,20). The Balaban J connectivity index is 2.02. The maximum Gasteiger partial charge on any atom is 0.342 e. The lowest BCUT2D eigenvalue weighted by atomic mass is 9.85. The van der Waals surface area contributed by atoms with Crippen LogP contribution >= 0.6 is 0 Å². The van der Waals surface area contributed by atoms with E-state index in [4.69, 9.17) is 4.74 Å². The van der Waals surface area contributed by atoms with Gasteiger partial charge in [0.15, 0.2) is 5.03 Å². The van der Waals surface area contributed by atoms with E-state index in [1.54, 1.807) is 6.92 Å². The van der Waals surface area contributed by atoms with Crippen LogP contribution in [-0.4, -0.2) is 58.7 Å². The van der Waals surface area contributed by atoms with Crippen molar-refractivity contribution < 1.29 is 27.9 Å². The number of sulfonamides is 1. The van der Waals surface area contributed by atoms with Gasteiger partial charge in [-0.05, 0) is 32.1 Å². The van der Waals surface area contributed by atoms with Crippen molar-refractivity contribution in [1.82, 2.24) is 14.5 Å². The molecule has 25 heavy (non-hydrogen) atoms. The van der Waals surface area contributed by atoms with Crippen LogP contribution in [0.2, 0.25) is 0 Å². The summed E-state index contributed by atoms with van der Waals surface area (Å²) in [6.45, 7) is 1.70. The molecule has 138 valence electrons. The average molecular weight is 371 g/mol. The van der Waals surface area contributed by atoms with Crippen molar-refractivity contribution in [1.29, 1.82) is 0 Å². The van der Waals surface area contributed by atoms with Gasteiger partial charge in [0.1, 0.15) is 11.6 Å². The number of nitrogens with one attached hydrogen (secondary N) is 1. The summed E-state index contributed by atoms with van der Waals surface area (Å²) in [6, 6.07) is -1.49. The fourth-order valence-electron chi connectivity index (χ4n) is 3.91. The first-order valence-electron chi connectivity index (χ1n) is 8.34. The Kier molecular flexibility index (Phi) is 4.83. The van der Waals surface area contributed by atoms with Crippen LogP contribution < -0.4 is 0 Å². The average Bonchev–Trinajstić information content (AvgIpc) is 3.20. The van der Waals surface area contributed by atoms with Crippen molar-refractivity contribution in [2.45, 2.75) is 56.1 Å². The topological polar surface area (TPSA) is 130 Å². The second-order valence-electron chi connectivity index (χ2n) is 6.37. The van der Waals surface area contributed by atoms with Crippen LogP contribution in [0, 0.1) is 5.92 Å². The predicted molar refractivity (Wildman–Crippen MR) is 85.4 cm³/mol. The van der Waals surface area contributed by atoms with E-state index in [9.17, 15) is 23.1 Å². The zero-order valence-electron chi connectivity index (χ0n) is 13.8. The summed E-state index contributed by atoms with van der Waals surface area (Å²) >= 11 is 0. The van der Waals surface area contributed by atoms with Crippen LogP contribution in [0.15, 0.2) is 11.2 Å². The van der Waals surface area contributed by atoms with Gasteiger partial charge in [0.2, 0.25) is 0 Å². The second kappa shape index (κ2) is 6.75. The molecule has 9 nitrogen and oxygen atoms in total. The predicted octanol–water partition coefficient (Wildman–Crippen LogP) is 0.993. The number of rotatable bonds is 5. The molecule has 2 aliphatic rings. The molecule has 1 aromatic rings. The van der Waals surface area contributed by atoms with Crippen molar-refractivity contribution in [3.05, 3.63) is 11.8 Å². The maximum atomic E-state index is 13.2. The number of carboxylic acid groups (broad SMARTS) is 1. The van der Waals surface area contributed by atoms with Crippen LogP contribution in [0.25, 0.3) is 0 Å². The van der Waals surface area contributed by atoms with Crippen LogP contribution in [0.1, 0.15) is 49.4 Å². The highest BCUT2D eigenvalue weighted by atomic mass is 32.2. The zero-order valence-corrected chi connectivity index (χ0v) is 14.7. The van der Waals surface area contributed by atoms with Gasteiger partial charge >= 0.3 is 11.9 Å². The first kappa shape index (κ1) is 17.9. The quantitative estimate of drug-likeness (QED) is 0.738. The minimum absolute atomic E-state index is 0.0265. The summed E-state index contributed by atoms with van der Waals surface area (Å²) in [7, 11) is -4.22. The molecular weight excluding hydrogens is 350 g/mol. The number of aliphatic carboxylic acids is 1. The molecular formula is C15H21N3O6S. The lowest BCUT2D eigenvalue weighted by Gasteiger charge is -2.31. The molecule has 10 heteroatoms. The number of fused-ring (bicyclic) bond motifs is 1. The summed E-state index contributed by atoms with van der Waals surface area (Å²) in [5.41, 5.74) is -0.203. The molecule has 2 fully saturated rings. The van der Waals surface area contributed by atoms with E-state index in [1.165, 1.54) is 0 Å². The Bertz CT molecular complexity index is 774. The van der Waals surface area contributed by atoms with E-state index in [1.807, 2.05) is 0 Å². The number of hydrogen-bond acceptors (Lipinski definition) is 6. The van der Waals surface area contributed by atoms with E-state index >= 15 is 0 Å². The van der Waals surface area contributed by atoms with Gasteiger partial charge in [-0.1, -0.05) is 12.8 Å². The first-order valence-corrected chi connectivity index (χ1v) is 9.78. The second-order valence-corrected chi connectivity index (χ2v) is 8.15. The number of carbonyl (C=O) groups is 2. The zero-order chi connectivity index (χ0) is 18.2. The van der Waals surface area contributed by atoms with Crippen LogP contribution in [-0.2, 0) is 19.6 Å². The summed E-state index contributed by atoms with van der Waals surface area (Å²) in [4.78, 5) is 23.7. The monoisotopic (exact) mass is 371 g/mol. The minimum Gasteiger partial charge on any atom is -0.480 e. The Morgan fingerprint density at radius 1 is 1.40 bits per heavy atom. The third-order valence-corrected chi connectivity index (χ3v) is 6.86. The van der Waals surface area contributed by atoms with Gasteiger partial charge in [-0.15, -0.1) is 0 Å². The Morgan fingerprint density at radius 2 is 2.12 bits per heavy atom. The van der Waals surface area contributed by atoms with E-state index in [-0.39, 0.29) is 24.1 Å². The van der Waals surface area contributed by atoms with E-state index in [0.717, 1.165) is 29.8 Å². The molecule has 1 saturated heterocycles. The smallest absolute Gasteiger partial charge is 0.342 e. The molecule has 2 heterocycles. The highest BCUT2D eigenvalue weighted by Gasteiger charge is 2.52. The van der Waals surface area contributed by atoms with Gasteiger partial charge in [-0.2, -0.15) is 9.40 Å². The molecule has 3 unspecified atom stereocenters. The molecule has 3 atom stereocenters. The number of aromatic nitrogens is 2. The van der Waals surface area contributed by atoms with Gasteiger partial charge in [0.05, 0.1) is 12.8 Å². The van der Waals surface area contributed by atoms with Gasteiger partial charge in [-0.3, -0.25) is 9.89 Å². The van der Waals surface area contributed by atoms with E-state index in [0.29, 0.717) is 12.8 Å². The van der Waals surface area contributed by atoms with E-state index in [2.05, 4.69) is 10.2 Å². The third-order valence-electron chi connectivity index (χ3n) is 4.95. The molecule has 1 aliphatic heterocycles. The summed E-state index contributed by atoms with van der Waals surface area (Å²) in [6.07, 6.45) is 4.65. The highest BCUT2D eigenvalue weighted by Crippen LogP contribution is 2.42. The summed E-state index contributed by atoms with van der Waals surface area (Å²) in [5, 5.41) is 15.1. The SMILES string of the molecule is CCOC(=O)c1cn[nH]c1S(=O)(=O)N1C(C(=O)O)CC2CCCCC21. The van der Waals surface area contributed by atoms with E-state index < -0.39 is 33.0 Å².